The number of aliphatic hydroxyl groups excluding tert-OH is 1. The van der Waals surface area contributed by atoms with Crippen molar-refractivity contribution in [2.24, 2.45) is 0 Å². The van der Waals surface area contributed by atoms with E-state index >= 15 is 0 Å². The molecular formula is C17H20N4O4S. The number of hydrogen-bond donors (Lipinski definition) is 1. The van der Waals surface area contributed by atoms with Gasteiger partial charge in [-0.3, -0.25) is 19.7 Å². The molecule has 1 aromatic heterocycles. The van der Waals surface area contributed by atoms with Crippen LogP contribution in [-0.4, -0.2) is 89.0 Å². The summed E-state index contributed by atoms with van der Waals surface area (Å²) in [5.74, 6) is -0.183. The van der Waals surface area contributed by atoms with Crippen molar-refractivity contribution in [3.63, 3.8) is 0 Å². The Kier molecular flexibility index (Phi) is 4.37. The van der Waals surface area contributed by atoms with Crippen LogP contribution >= 0.6 is 0 Å². The Morgan fingerprint density at radius 2 is 1.85 bits per heavy atom. The van der Waals surface area contributed by atoms with Gasteiger partial charge in [-0.25, -0.2) is 8.42 Å². The maximum Gasteiger partial charge on any atom is 0.254 e. The van der Waals surface area contributed by atoms with Gasteiger partial charge in [0.1, 0.15) is 0 Å². The molecule has 2 aromatic rings. The van der Waals surface area contributed by atoms with Gasteiger partial charge in [0.15, 0.2) is 9.84 Å². The lowest BCUT2D eigenvalue weighted by Gasteiger charge is -2.43. The zero-order valence-electron chi connectivity index (χ0n) is 14.2. The van der Waals surface area contributed by atoms with Crippen molar-refractivity contribution in [3.05, 3.63) is 36.2 Å². The summed E-state index contributed by atoms with van der Waals surface area (Å²) in [4.78, 5) is 25.2. The first-order valence-corrected chi connectivity index (χ1v) is 10.4. The molecule has 0 unspecified atom stereocenters. The van der Waals surface area contributed by atoms with Crippen LogP contribution in [-0.2, 0) is 9.84 Å². The van der Waals surface area contributed by atoms with Crippen LogP contribution < -0.4 is 0 Å². The number of aliphatic hydroxyl groups is 1. The lowest BCUT2D eigenvalue weighted by molar-refractivity contribution is 0.0281. The van der Waals surface area contributed by atoms with E-state index in [1.165, 1.54) is 0 Å². The van der Waals surface area contributed by atoms with Crippen LogP contribution in [0.15, 0.2) is 30.6 Å². The number of amides is 1. The number of β-amino-alcohol motifs (C(OH)–C–C–N with tert-alkyl or cyclic N) is 1. The molecule has 0 saturated carbocycles. The number of fused-ring (bicyclic) bond motifs is 2. The second kappa shape index (κ2) is 6.57. The number of nitrogens with zero attached hydrogens (tertiary/aromatic N) is 4. The van der Waals surface area contributed by atoms with Crippen LogP contribution in [0.1, 0.15) is 10.4 Å². The smallest absolute Gasteiger partial charge is 0.254 e. The number of rotatable bonds is 3. The summed E-state index contributed by atoms with van der Waals surface area (Å²) in [7, 11) is -3.20. The van der Waals surface area contributed by atoms with Crippen molar-refractivity contribution in [3.8, 4) is 0 Å². The molecule has 0 radical (unpaired) electrons. The first kappa shape index (κ1) is 17.3. The van der Waals surface area contributed by atoms with Crippen LogP contribution in [0.25, 0.3) is 11.0 Å². The molecule has 0 spiro atoms. The highest BCUT2D eigenvalue weighted by atomic mass is 32.2. The zero-order valence-corrected chi connectivity index (χ0v) is 15.0. The van der Waals surface area contributed by atoms with Crippen molar-refractivity contribution in [2.75, 3.05) is 37.7 Å². The fraction of sp³-hybridized carbons (Fsp3) is 0.471. The molecule has 8 nitrogen and oxygen atoms in total. The minimum absolute atomic E-state index is 0.0272. The molecule has 138 valence electrons. The Labute approximate surface area is 151 Å². The third-order valence-corrected chi connectivity index (χ3v) is 6.85. The number of benzene rings is 1. The largest absolute Gasteiger partial charge is 0.395 e. The van der Waals surface area contributed by atoms with Gasteiger partial charge in [0, 0.05) is 43.6 Å². The molecule has 9 heteroatoms. The van der Waals surface area contributed by atoms with Crippen molar-refractivity contribution in [1.29, 1.82) is 0 Å². The Morgan fingerprint density at radius 1 is 1.12 bits per heavy atom. The lowest BCUT2D eigenvalue weighted by Crippen LogP contribution is -2.61. The van der Waals surface area contributed by atoms with Gasteiger partial charge >= 0.3 is 0 Å². The van der Waals surface area contributed by atoms with E-state index in [2.05, 4.69) is 9.97 Å². The Balaban J connectivity index is 1.64. The summed E-state index contributed by atoms with van der Waals surface area (Å²) < 4.78 is 24.4. The van der Waals surface area contributed by atoms with E-state index in [0.29, 0.717) is 36.2 Å². The van der Waals surface area contributed by atoms with Crippen molar-refractivity contribution < 1.29 is 18.3 Å². The van der Waals surface area contributed by atoms with Gasteiger partial charge in [-0.15, -0.1) is 0 Å². The molecule has 2 aliphatic heterocycles. The zero-order chi connectivity index (χ0) is 18.3. The van der Waals surface area contributed by atoms with Crippen LogP contribution in [0, 0.1) is 0 Å². The Bertz CT molecular complexity index is 949. The molecular weight excluding hydrogens is 356 g/mol. The van der Waals surface area contributed by atoms with Gasteiger partial charge in [-0.2, -0.15) is 0 Å². The minimum atomic E-state index is -3.20. The first-order chi connectivity index (χ1) is 12.5. The predicted octanol–water partition coefficient (Wildman–Crippen LogP) is -0.454. The highest BCUT2D eigenvalue weighted by Gasteiger charge is 2.47. The van der Waals surface area contributed by atoms with Gasteiger partial charge in [0.05, 0.1) is 35.2 Å². The molecule has 26 heavy (non-hydrogen) atoms. The summed E-state index contributed by atoms with van der Waals surface area (Å²) in [6.07, 6.45) is 3.17. The normalized spacial score (nSPS) is 25.3. The van der Waals surface area contributed by atoms with Crippen LogP contribution in [0.2, 0.25) is 0 Å². The topological polar surface area (TPSA) is 104 Å². The predicted molar refractivity (Wildman–Crippen MR) is 95.5 cm³/mol. The van der Waals surface area contributed by atoms with E-state index in [9.17, 15) is 18.3 Å². The second-order valence-corrected chi connectivity index (χ2v) is 8.88. The highest BCUT2D eigenvalue weighted by molar-refractivity contribution is 7.91. The quantitative estimate of drug-likeness (QED) is 0.773. The Hall–Kier alpha value is -2.10. The maximum atomic E-state index is 13.1. The number of hydrogen-bond acceptors (Lipinski definition) is 7. The average molecular weight is 376 g/mol. The third-order valence-electron chi connectivity index (χ3n) is 5.16. The Morgan fingerprint density at radius 3 is 2.62 bits per heavy atom. The summed E-state index contributed by atoms with van der Waals surface area (Å²) in [6, 6.07) is 4.51. The fourth-order valence-corrected chi connectivity index (χ4v) is 5.96. The van der Waals surface area contributed by atoms with E-state index in [1.807, 2.05) is 4.90 Å². The van der Waals surface area contributed by atoms with Crippen molar-refractivity contribution in [2.45, 2.75) is 12.1 Å². The maximum absolute atomic E-state index is 13.1. The van der Waals surface area contributed by atoms with Crippen molar-refractivity contribution >= 4 is 26.8 Å². The molecule has 2 atom stereocenters. The summed E-state index contributed by atoms with van der Waals surface area (Å²) in [5.41, 5.74) is 1.82. The van der Waals surface area contributed by atoms with Crippen molar-refractivity contribution in [1.82, 2.24) is 19.8 Å². The molecule has 3 heterocycles. The van der Waals surface area contributed by atoms with E-state index in [4.69, 9.17) is 0 Å². The molecule has 4 rings (SSSR count). The highest BCUT2D eigenvalue weighted by Crippen LogP contribution is 2.28. The van der Waals surface area contributed by atoms with Gasteiger partial charge in [-0.1, -0.05) is 0 Å². The molecule has 2 fully saturated rings. The lowest BCUT2D eigenvalue weighted by atomic mass is 10.0. The van der Waals surface area contributed by atoms with E-state index in [1.54, 1.807) is 35.5 Å². The standard InChI is InChI=1S/C17H20N4O4S/c22-8-7-20-5-6-21(16-11-26(24,25)10-15(16)20)17(23)12-1-2-13-14(9-12)19-4-3-18-13/h1-4,9,15-16,22H,5-8,10-11H2/t15-,16+/m1/s1. The number of carbonyl (C=O) groups excluding carboxylic acids is 1. The molecule has 1 N–H and O–H groups in total. The monoisotopic (exact) mass is 376 g/mol. The third kappa shape index (κ3) is 3.06. The average Bonchev–Trinajstić information content (AvgIpc) is 2.96. The van der Waals surface area contributed by atoms with Gasteiger partial charge in [-0.05, 0) is 18.2 Å². The van der Waals surface area contributed by atoms with Gasteiger partial charge < -0.3 is 10.0 Å². The molecule has 1 aromatic carbocycles. The first-order valence-electron chi connectivity index (χ1n) is 8.55. The number of carbonyl (C=O) groups is 1. The number of aromatic nitrogens is 2. The fourth-order valence-electron chi connectivity index (χ4n) is 3.95. The summed E-state index contributed by atoms with van der Waals surface area (Å²) in [6.45, 7) is 1.38. The van der Waals surface area contributed by atoms with Crippen LogP contribution in [0.3, 0.4) is 0 Å². The molecule has 2 saturated heterocycles. The summed E-state index contributed by atoms with van der Waals surface area (Å²) >= 11 is 0. The second-order valence-electron chi connectivity index (χ2n) is 6.73. The van der Waals surface area contributed by atoms with E-state index < -0.39 is 9.84 Å². The number of piperazine rings is 1. The number of sulfone groups is 1. The van der Waals surface area contributed by atoms with Crippen LogP contribution in [0.4, 0.5) is 0 Å². The van der Waals surface area contributed by atoms with Gasteiger partial charge in [0.25, 0.3) is 5.91 Å². The summed E-state index contributed by atoms with van der Waals surface area (Å²) in [5, 5.41) is 9.24. The minimum Gasteiger partial charge on any atom is -0.395 e. The van der Waals surface area contributed by atoms with Crippen LogP contribution in [0.5, 0.6) is 0 Å². The molecule has 2 aliphatic rings. The van der Waals surface area contributed by atoms with E-state index in [-0.39, 0.29) is 36.1 Å². The molecule has 1 amide bonds. The molecule has 0 aliphatic carbocycles. The van der Waals surface area contributed by atoms with Gasteiger partial charge in [0.2, 0.25) is 0 Å². The molecule has 0 bridgehead atoms. The van der Waals surface area contributed by atoms with E-state index in [0.717, 1.165) is 0 Å². The SMILES string of the molecule is O=C(c1ccc2nccnc2c1)N1CCN(CCO)[C@@H]2CS(=O)(=O)C[C@@H]21.